The van der Waals surface area contributed by atoms with Gasteiger partial charge in [0.1, 0.15) is 0 Å². The third-order valence-corrected chi connectivity index (χ3v) is 2.33. The molecule has 0 saturated carbocycles. The average Bonchev–Trinajstić information content (AvgIpc) is 2.17. The van der Waals surface area contributed by atoms with E-state index in [-0.39, 0.29) is 5.25 Å². The summed E-state index contributed by atoms with van der Waals surface area (Å²) in [4.78, 5) is 0. The normalized spacial score (nSPS) is 12.5. The fraction of sp³-hybridized carbons (Fsp3) is 0.400. The molecule has 0 aliphatic heterocycles. The highest BCUT2D eigenvalue weighted by molar-refractivity contribution is 7.81. The second-order valence-corrected chi connectivity index (χ2v) is 4.16. The summed E-state index contributed by atoms with van der Waals surface area (Å²) in [6.45, 7) is 1.42. The topological polar surface area (TPSA) is 21.3 Å². The lowest BCUT2D eigenvalue weighted by Crippen LogP contribution is -2.18. The molecule has 4 heteroatoms. The van der Waals surface area contributed by atoms with Crippen LogP contribution in [0.4, 0.5) is 5.69 Å². The summed E-state index contributed by atoms with van der Waals surface area (Å²) in [5.41, 5.74) is 1.05. The Labute approximate surface area is 95.0 Å². The summed E-state index contributed by atoms with van der Waals surface area (Å²) in [7, 11) is 1.67. The number of methoxy groups -OCH3 is 1. The molecule has 0 aliphatic rings. The van der Waals surface area contributed by atoms with Crippen molar-refractivity contribution in [2.45, 2.75) is 5.25 Å². The lowest BCUT2D eigenvalue weighted by Gasteiger charge is -2.11. The number of anilines is 1. The molecular weight excluding hydrogens is 218 g/mol. The van der Waals surface area contributed by atoms with Gasteiger partial charge in [0.2, 0.25) is 0 Å². The van der Waals surface area contributed by atoms with Crippen molar-refractivity contribution in [1.82, 2.24) is 0 Å². The monoisotopic (exact) mass is 231 g/mol. The molecule has 0 fully saturated rings. The van der Waals surface area contributed by atoms with Crippen LogP contribution in [-0.2, 0) is 4.74 Å². The van der Waals surface area contributed by atoms with Gasteiger partial charge in [-0.2, -0.15) is 12.6 Å². The quantitative estimate of drug-likeness (QED) is 0.761. The van der Waals surface area contributed by atoms with E-state index in [1.807, 2.05) is 24.3 Å². The van der Waals surface area contributed by atoms with E-state index in [0.29, 0.717) is 6.61 Å². The Bertz CT molecular complexity index is 265. The molecule has 1 atom stereocenters. The van der Waals surface area contributed by atoms with Crippen LogP contribution >= 0.6 is 24.2 Å². The Morgan fingerprint density at radius 1 is 1.43 bits per heavy atom. The van der Waals surface area contributed by atoms with Crippen LogP contribution in [-0.4, -0.2) is 25.5 Å². The Morgan fingerprint density at radius 2 is 2.07 bits per heavy atom. The van der Waals surface area contributed by atoms with Gasteiger partial charge in [-0.05, 0) is 24.3 Å². The Hall–Kier alpha value is -0.380. The highest BCUT2D eigenvalue weighted by atomic mass is 35.5. The van der Waals surface area contributed by atoms with Gasteiger partial charge in [-0.1, -0.05) is 11.6 Å². The van der Waals surface area contributed by atoms with Gasteiger partial charge in [-0.25, -0.2) is 0 Å². The molecule has 1 aromatic rings. The number of hydrogen-bond donors (Lipinski definition) is 2. The van der Waals surface area contributed by atoms with Crippen molar-refractivity contribution in [3.05, 3.63) is 29.3 Å². The van der Waals surface area contributed by atoms with Gasteiger partial charge in [0.05, 0.1) is 6.61 Å². The minimum atomic E-state index is 0.204. The minimum Gasteiger partial charge on any atom is -0.384 e. The summed E-state index contributed by atoms with van der Waals surface area (Å²) < 4.78 is 4.97. The number of nitrogens with one attached hydrogen (secondary N) is 1. The van der Waals surface area contributed by atoms with E-state index in [1.165, 1.54) is 0 Å². The first kappa shape index (κ1) is 11.7. The van der Waals surface area contributed by atoms with Crippen LogP contribution in [0.25, 0.3) is 0 Å². The molecule has 2 nitrogen and oxygen atoms in total. The van der Waals surface area contributed by atoms with E-state index < -0.39 is 0 Å². The zero-order chi connectivity index (χ0) is 10.4. The van der Waals surface area contributed by atoms with Gasteiger partial charge in [-0.3, -0.25) is 0 Å². The third kappa shape index (κ3) is 4.22. The van der Waals surface area contributed by atoms with Crippen LogP contribution in [0.3, 0.4) is 0 Å². The number of halogens is 1. The van der Waals surface area contributed by atoms with E-state index in [0.717, 1.165) is 17.3 Å². The Morgan fingerprint density at radius 3 is 2.64 bits per heavy atom. The summed E-state index contributed by atoms with van der Waals surface area (Å²) in [6.07, 6.45) is 0. The van der Waals surface area contributed by atoms with E-state index >= 15 is 0 Å². The molecule has 0 heterocycles. The molecule has 0 amide bonds. The Kier molecular flexibility index (Phi) is 5.15. The van der Waals surface area contributed by atoms with Gasteiger partial charge in [0.15, 0.2) is 0 Å². The van der Waals surface area contributed by atoms with Crippen LogP contribution in [0.5, 0.6) is 0 Å². The maximum atomic E-state index is 5.76. The predicted molar refractivity (Wildman–Crippen MR) is 64.6 cm³/mol. The van der Waals surface area contributed by atoms with Crippen molar-refractivity contribution >= 4 is 29.9 Å². The highest BCUT2D eigenvalue weighted by Gasteiger charge is 2.01. The van der Waals surface area contributed by atoms with E-state index in [9.17, 15) is 0 Å². The first-order valence-corrected chi connectivity index (χ1v) is 5.28. The van der Waals surface area contributed by atoms with Crippen molar-refractivity contribution in [1.29, 1.82) is 0 Å². The molecule has 1 unspecified atom stereocenters. The van der Waals surface area contributed by atoms with Crippen LogP contribution in [0, 0.1) is 0 Å². The molecule has 1 rings (SSSR count). The highest BCUT2D eigenvalue weighted by Crippen LogP contribution is 2.13. The van der Waals surface area contributed by atoms with Gasteiger partial charge in [0.25, 0.3) is 0 Å². The molecule has 0 saturated heterocycles. The minimum absolute atomic E-state index is 0.204. The average molecular weight is 232 g/mol. The van der Waals surface area contributed by atoms with Crippen molar-refractivity contribution in [2.24, 2.45) is 0 Å². The fourth-order valence-corrected chi connectivity index (χ4v) is 1.42. The van der Waals surface area contributed by atoms with Gasteiger partial charge >= 0.3 is 0 Å². The number of thiol groups is 1. The van der Waals surface area contributed by atoms with Gasteiger partial charge < -0.3 is 10.1 Å². The molecule has 0 aliphatic carbocycles. The maximum Gasteiger partial charge on any atom is 0.0595 e. The third-order valence-electron chi connectivity index (χ3n) is 1.75. The van der Waals surface area contributed by atoms with Crippen LogP contribution in [0.2, 0.25) is 5.02 Å². The summed E-state index contributed by atoms with van der Waals surface area (Å²) in [5, 5.41) is 4.19. The van der Waals surface area contributed by atoms with Gasteiger partial charge in [0, 0.05) is 29.6 Å². The summed E-state index contributed by atoms with van der Waals surface area (Å²) >= 11 is 10.1. The smallest absolute Gasteiger partial charge is 0.0595 e. The van der Waals surface area contributed by atoms with Crippen molar-refractivity contribution in [3.63, 3.8) is 0 Å². The van der Waals surface area contributed by atoms with Crippen LogP contribution in [0.1, 0.15) is 0 Å². The van der Waals surface area contributed by atoms with Crippen LogP contribution in [0.15, 0.2) is 24.3 Å². The number of rotatable bonds is 5. The molecular formula is C10H14ClNOS. The zero-order valence-electron chi connectivity index (χ0n) is 8.03. The maximum absolute atomic E-state index is 5.76. The SMILES string of the molecule is COCC(S)CNc1ccc(Cl)cc1. The van der Waals surface area contributed by atoms with Crippen LogP contribution < -0.4 is 5.32 Å². The number of benzene rings is 1. The summed E-state index contributed by atoms with van der Waals surface area (Å²) in [6, 6.07) is 7.59. The van der Waals surface area contributed by atoms with Crippen molar-refractivity contribution < 1.29 is 4.74 Å². The largest absolute Gasteiger partial charge is 0.384 e. The van der Waals surface area contributed by atoms with E-state index in [2.05, 4.69) is 17.9 Å². The fourth-order valence-electron chi connectivity index (χ4n) is 1.05. The van der Waals surface area contributed by atoms with Crippen molar-refractivity contribution in [3.8, 4) is 0 Å². The van der Waals surface area contributed by atoms with E-state index in [1.54, 1.807) is 7.11 Å². The second-order valence-electron chi connectivity index (χ2n) is 3.00. The zero-order valence-corrected chi connectivity index (χ0v) is 9.68. The molecule has 14 heavy (non-hydrogen) atoms. The standard InChI is InChI=1S/C10H14ClNOS/c1-13-7-10(14)6-12-9-4-2-8(11)3-5-9/h2-5,10,12,14H,6-7H2,1H3. The number of hydrogen-bond acceptors (Lipinski definition) is 3. The first-order chi connectivity index (χ1) is 6.72. The molecule has 1 N–H and O–H groups in total. The predicted octanol–water partition coefficient (Wildman–Crippen LogP) is 2.70. The molecule has 1 aromatic carbocycles. The second kappa shape index (κ2) is 6.17. The lowest BCUT2D eigenvalue weighted by atomic mass is 10.3. The van der Waals surface area contributed by atoms with E-state index in [4.69, 9.17) is 16.3 Å². The molecule has 0 aromatic heterocycles. The molecule has 78 valence electrons. The van der Waals surface area contributed by atoms with Crippen molar-refractivity contribution in [2.75, 3.05) is 25.6 Å². The molecule has 0 bridgehead atoms. The lowest BCUT2D eigenvalue weighted by molar-refractivity contribution is 0.202. The molecule has 0 radical (unpaired) electrons. The van der Waals surface area contributed by atoms with Gasteiger partial charge in [-0.15, -0.1) is 0 Å². The molecule has 0 spiro atoms. The first-order valence-electron chi connectivity index (χ1n) is 4.39. The Balaban J connectivity index is 2.34. The summed E-state index contributed by atoms with van der Waals surface area (Å²) in [5.74, 6) is 0. The number of ether oxygens (including phenoxy) is 1.